The van der Waals surface area contributed by atoms with E-state index in [1.165, 1.54) is 6.92 Å². The van der Waals surface area contributed by atoms with Crippen LogP contribution in [0.1, 0.15) is 60.9 Å². The third-order valence-corrected chi connectivity index (χ3v) is 6.58. The maximum Gasteiger partial charge on any atom is 0.416 e. The molecule has 14 heteroatoms. The summed E-state index contributed by atoms with van der Waals surface area (Å²) in [6.45, 7) is 3.08. The van der Waals surface area contributed by atoms with Crippen LogP contribution in [0.5, 0.6) is 0 Å². The Morgan fingerprint density at radius 1 is 0.850 bits per heavy atom. The Morgan fingerprint density at radius 2 is 1.40 bits per heavy atom. The monoisotopic (exact) mass is 584 g/mol. The average Bonchev–Trinajstić information content (AvgIpc) is 3.14. The van der Waals surface area contributed by atoms with Crippen molar-refractivity contribution in [2.75, 3.05) is 18.1 Å². The molecule has 3 rings (SSSR count). The molecule has 220 valence electrons. The predicted molar refractivity (Wildman–Crippen MR) is 125 cm³/mol. The summed E-state index contributed by atoms with van der Waals surface area (Å²) in [6, 6.07) is 2.81. The molecule has 1 aliphatic heterocycles. The second kappa shape index (κ2) is 11.2. The lowest BCUT2D eigenvalue weighted by Crippen LogP contribution is -2.43. The van der Waals surface area contributed by atoms with Crippen molar-refractivity contribution in [3.05, 3.63) is 64.2 Å². The number of alkyl halides is 9. The van der Waals surface area contributed by atoms with Gasteiger partial charge in [0.1, 0.15) is 0 Å². The maximum atomic E-state index is 13.5. The molecular weight excluding hydrogens is 559 g/mol. The number of nitrogens with zero attached hydrogens (tertiary/aromatic N) is 2. The van der Waals surface area contributed by atoms with Crippen LogP contribution in [0.4, 0.5) is 50.0 Å². The number of benzene rings is 2. The Kier molecular flexibility index (Phi) is 8.70. The fourth-order valence-electron chi connectivity index (χ4n) is 4.80. The lowest BCUT2D eigenvalue weighted by molar-refractivity contribution is -0.143. The summed E-state index contributed by atoms with van der Waals surface area (Å²) in [5.41, 5.74) is -4.50. The van der Waals surface area contributed by atoms with Gasteiger partial charge in [-0.25, -0.2) is 4.79 Å². The number of amides is 2. The topological polar surface area (TPSA) is 49.9 Å². The van der Waals surface area contributed by atoms with E-state index >= 15 is 0 Å². The van der Waals surface area contributed by atoms with Gasteiger partial charge in [-0.2, -0.15) is 39.5 Å². The van der Waals surface area contributed by atoms with Crippen LogP contribution in [0.3, 0.4) is 0 Å². The molecule has 2 aromatic rings. The van der Waals surface area contributed by atoms with Gasteiger partial charge >= 0.3 is 24.6 Å². The fraction of sp³-hybridized carbons (Fsp3) is 0.462. The summed E-state index contributed by atoms with van der Waals surface area (Å²) in [4.78, 5) is 27.4. The van der Waals surface area contributed by atoms with Crippen molar-refractivity contribution in [3.8, 4) is 0 Å². The van der Waals surface area contributed by atoms with E-state index < -0.39 is 77.8 Å². The summed E-state index contributed by atoms with van der Waals surface area (Å²) in [7, 11) is 0. The third kappa shape index (κ3) is 6.64. The zero-order valence-corrected chi connectivity index (χ0v) is 21.5. The molecule has 0 saturated heterocycles. The smallest absolute Gasteiger partial charge is 0.416 e. The van der Waals surface area contributed by atoms with Crippen LogP contribution in [-0.4, -0.2) is 36.1 Å². The molecule has 0 aliphatic carbocycles. The van der Waals surface area contributed by atoms with Crippen LogP contribution in [0.15, 0.2) is 36.4 Å². The normalized spacial score (nSPS) is 17.6. The Hall–Kier alpha value is -3.45. The second-order valence-electron chi connectivity index (χ2n) is 9.24. The van der Waals surface area contributed by atoms with Gasteiger partial charge in [0, 0.05) is 32.0 Å². The van der Waals surface area contributed by atoms with Gasteiger partial charge in [-0.15, -0.1) is 0 Å². The molecule has 2 atom stereocenters. The van der Waals surface area contributed by atoms with Gasteiger partial charge in [-0.3, -0.25) is 9.69 Å². The number of carbonyl (C=O) groups is 2. The second-order valence-corrected chi connectivity index (χ2v) is 9.24. The lowest BCUT2D eigenvalue weighted by Gasteiger charge is -2.31. The first-order chi connectivity index (χ1) is 18.4. The van der Waals surface area contributed by atoms with Crippen molar-refractivity contribution >= 4 is 17.7 Å². The number of hydrogen-bond acceptors (Lipinski definition) is 3. The maximum absolute atomic E-state index is 13.5. The molecular formula is C26H25F9N2O3. The highest BCUT2D eigenvalue weighted by Crippen LogP contribution is 2.46. The Bertz CT molecular complexity index is 1220. The van der Waals surface area contributed by atoms with E-state index in [4.69, 9.17) is 4.74 Å². The molecule has 0 N–H and O–H groups in total. The van der Waals surface area contributed by atoms with Crippen molar-refractivity contribution in [2.45, 2.75) is 64.2 Å². The van der Waals surface area contributed by atoms with Crippen LogP contribution < -0.4 is 4.90 Å². The van der Waals surface area contributed by atoms with Crippen LogP contribution in [-0.2, 0) is 34.6 Å². The fourth-order valence-corrected chi connectivity index (χ4v) is 4.80. The van der Waals surface area contributed by atoms with Gasteiger partial charge in [0.15, 0.2) is 0 Å². The number of ether oxygens (including phenoxy) is 1. The molecule has 0 bridgehead atoms. The molecule has 2 aromatic carbocycles. The number of halogens is 9. The number of rotatable bonds is 6. The number of anilines is 1. The van der Waals surface area contributed by atoms with Gasteiger partial charge in [0.2, 0.25) is 5.91 Å². The van der Waals surface area contributed by atoms with Gasteiger partial charge in [0.25, 0.3) is 0 Å². The SMILES string of the molecule is CCOC(=O)N1c2ccc(C(F)(F)F)cc2[C@H](CN(Cc2cc(C(F)(F)F)cc(C(F)(F)F)c2)C(C)=O)[C@H]1CC. The van der Waals surface area contributed by atoms with Crippen molar-refractivity contribution in [3.63, 3.8) is 0 Å². The van der Waals surface area contributed by atoms with Gasteiger partial charge in [-0.1, -0.05) is 6.92 Å². The molecule has 5 nitrogen and oxygen atoms in total. The highest BCUT2D eigenvalue weighted by molar-refractivity contribution is 5.92. The molecule has 0 unspecified atom stereocenters. The molecule has 0 aromatic heterocycles. The molecule has 2 amide bonds. The minimum Gasteiger partial charge on any atom is -0.449 e. The van der Waals surface area contributed by atoms with E-state index in [9.17, 15) is 49.1 Å². The molecule has 0 fully saturated rings. The highest BCUT2D eigenvalue weighted by Gasteiger charge is 2.44. The Morgan fingerprint density at radius 3 is 1.85 bits per heavy atom. The van der Waals surface area contributed by atoms with Crippen molar-refractivity contribution in [1.82, 2.24) is 4.90 Å². The van der Waals surface area contributed by atoms with Gasteiger partial charge in [0.05, 0.1) is 29.0 Å². The van der Waals surface area contributed by atoms with Crippen molar-refractivity contribution in [2.24, 2.45) is 0 Å². The van der Waals surface area contributed by atoms with E-state index in [0.717, 1.165) is 34.9 Å². The summed E-state index contributed by atoms with van der Waals surface area (Å²) < 4.78 is 126. The minimum absolute atomic E-state index is 0.0386. The minimum atomic E-state index is -5.11. The quantitative estimate of drug-likeness (QED) is 0.328. The highest BCUT2D eigenvalue weighted by atomic mass is 19.4. The zero-order chi connectivity index (χ0) is 30.2. The summed E-state index contributed by atoms with van der Waals surface area (Å²) in [6.07, 6.45) is -15.6. The molecule has 1 aliphatic rings. The Balaban J connectivity index is 2.08. The largest absolute Gasteiger partial charge is 0.449 e. The first kappa shape index (κ1) is 31.1. The van der Waals surface area contributed by atoms with E-state index in [0.29, 0.717) is 12.1 Å². The zero-order valence-electron chi connectivity index (χ0n) is 21.5. The van der Waals surface area contributed by atoms with Crippen LogP contribution in [0, 0.1) is 0 Å². The predicted octanol–water partition coefficient (Wildman–Crippen LogP) is 7.63. The number of hydrogen-bond donors (Lipinski definition) is 0. The molecule has 0 radical (unpaired) electrons. The van der Waals surface area contributed by atoms with Crippen LogP contribution in [0.2, 0.25) is 0 Å². The summed E-state index contributed by atoms with van der Waals surface area (Å²) >= 11 is 0. The van der Waals surface area contributed by atoms with E-state index in [-0.39, 0.29) is 30.3 Å². The molecule has 40 heavy (non-hydrogen) atoms. The first-order valence-electron chi connectivity index (χ1n) is 12.1. The van der Waals surface area contributed by atoms with E-state index in [2.05, 4.69) is 0 Å². The number of carbonyl (C=O) groups excluding carboxylic acids is 2. The van der Waals surface area contributed by atoms with Gasteiger partial charge < -0.3 is 9.64 Å². The third-order valence-electron chi connectivity index (χ3n) is 6.58. The lowest BCUT2D eigenvalue weighted by atomic mass is 9.91. The molecule has 0 saturated carbocycles. The first-order valence-corrected chi connectivity index (χ1v) is 12.1. The molecule has 0 spiro atoms. The average molecular weight is 584 g/mol. The van der Waals surface area contributed by atoms with Crippen molar-refractivity contribution in [1.29, 1.82) is 0 Å². The number of fused-ring (bicyclic) bond motifs is 1. The standard InChI is InChI=1S/C26H25F9N2O3/c1-4-21-20(19-11-16(24(27,28)29)6-7-22(19)37(21)23(39)40-5-2)13-36(14(3)38)12-15-8-17(25(30,31)32)10-18(9-15)26(33,34)35/h6-11,20-21H,4-5,12-13H2,1-3H3/t20-,21+/m0/s1. The molecule has 1 heterocycles. The summed E-state index contributed by atoms with van der Waals surface area (Å²) in [5.74, 6) is -1.70. The van der Waals surface area contributed by atoms with Crippen LogP contribution in [0.25, 0.3) is 0 Å². The van der Waals surface area contributed by atoms with E-state index in [1.54, 1.807) is 6.92 Å². The summed E-state index contributed by atoms with van der Waals surface area (Å²) in [5, 5.41) is 0. The van der Waals surface area contributed by atoms with Crippen LogP contribution >= 0.6 is 0 Å². The van der Waals surface area contributed by atoms with E-state index in [1.807, 2.05) is 0 Å². The Labute approximate surface area is 223 Å². The van der Waals surface area contributed by atoms with Gasteiger partial charge in [-0.05, 0) is 60.9 Å². The van der Waals surface area contributed by atoms with Crippen molar-refractivity contribution < 1.29 is 53.8 Å².